The molecule has 0 radical (unpaired) electrons. The van der Waals surface area contributed by atoms with Gasteiger partial charge in [-0.1, -0.05) is 0 Å². The number of hydrogen-bond donors (Lipinski definition) is 1. The Bertz CT molecular complexity index is 397. The molecule has 1 heterocycles. The van der Waals surface area contributed by atoms with Crippen molar-refractivity contribution in [2.75, 3.05) is 18.6 Å². The Kier molecular flexibility index (Phi) is 3.94. The molecule has 0 amide bonds. The summed E-state index contributed by atoms with van der Waals surface area (Å²) in [7, 11) is 1.70. The molecule has 17 heavy (non-hydrogen) atoms. The van der Waals surface area contributed by atoms with Crippen LogP contribution in [0.15, 0.2) is 22.7 Å². The summed E-state index contributed by atoms with van der Waals surface area (Å²) >= 11 is 3.61. The van der Waals surface area contributed by atoms with Crippen molar-refractivity contribution in [3.63, 3.8) is 0 Å². The average molecular weight is 299 g/mol. The maximum absolute atomic E-state index is 6.00. The first-order valence-electron chi connectivity index (χ1n) is 5.97. The van der Waals surface area contributed by atoms with Gasteiger partial charge in [0.05, 0.1) is 12.8 Å². The quantitative estimate of drug-likeness (QED) is 0.912. The fourth-order valence-electron chi connectivity index (χ4n) is 2.41. The average Bonchev–Trinajstić information content (AvgIpc) is 2.30. The van der Waals surface area contributed by atoms with Crippen LogP contribution in [0.1, 0.15) is 19.8 Å². The van der Waals surface area contributed by atoms with Crippen molar-refractivity contribution in [3.8, 4) is 5.75 Å². The van der Waals surface area contributed by atoms with Crippen molar-refractivity contribution in [2.24, 2.45) is 5.73 Å². The van der Waals surface area contributed by atoms with E-state index in [9.17, 15) is 0 Å². The summed E-state index contributed by atoms with van der Waals surface area (Å²) in [5.74, 6) is 0.894. The first-order valence-corrected chi connectivity index (χ1v) is 6.77. The van der Waals surface area contributed by atoms with Crippen molar-refractivity contribution in [3.05, 3.63) is 22.7 Å². The van der Waals surface area contributed by atoms with Crippen molar-refractivity contribution in [1.29, 1.82) is 0 Å². The predicted molar refractivity (Wildman–Crippen MR) is 74.7 cm³/mol. The molecule has 2 unspecified atom stereocenters. The van der Waals surface area contributed by atoms with Crippen molar-refractivity contribution in [1.82, 2.24) is 0 Å². The van der Waals surface area contributed by atoms with Crippen LogP contribution in [0.25, 0.3) is 0 Å². The third-order valence-electron chi connectivity index (χ3n) is 3.38. The molecular formula is C13H19BrN2O. The van der Waals surface area contributed by atoms with Gasteiger partial charge in [0.15, 0.2) is 0 Å². The Hall–Kier alpha value is -0.740. The van der Waals surface area contributed by atoms with Gasteiger partial charge in [0, 0.05) is 29.2 Å². The zero-order valence-electron chi connectivity index (χ0n) is 10.3. The highest BCUT2D eigenvalue weighted by molar-refractivity contribution is 9.10. The van der Waals surface area contributed by atoms with Crippen LogP contribution < -0.4 is 15.4 Å². The van der Waals surface area contributed by atoms with E-state index in [0.29, 0.717) is 12.1 Å². The summed E-state index contributed by atoms with van der Waals surface area (Å²) < 4.78 is 6.40. The summed E-state index contributed by atoms with van der Waals surface area (Å²) in [6.07, 6.45) is 2.09. The monoisotopic (exact) mass is 298 g/mol. The first kappa shape index (κ1) is 12.7. The SMILES string of the molecule is COc1ccc(Br)c(N2CCC(N)CC2C)c1. The number of ether oxygens (including phenoxy) is 1. The second-order valence-electron chi connectivity index (χ2n) is 4.64. The van der Waals surface area contributed by atoms with Gasteiger partial charge >= 0.3 is 0 Å². The number of anilines is 1. The lowest BCUT2D eigenvalue weighted by Crippen LogP contribution is -2.45. The molecule has 0 saturated carbocycles. The lowest BCUT2D eigenvalue weighted by Gasteiger charge is -2.38. The molecule has 1 aromatic carbocycles. The number of halogens is 1. The number of nitrogens with zero attached hydrogens (tertiary/aromatic N) is 1. The van der Waals surface area contributed by atoms with E-state index in [1.54, 1.807) is 7.11 Å². The topological polar surface area (TPSA) is 38.5 Å². The van der Waals surface area contributed by atoms with E-state index in [4.69, 9.17) is 10.5 Å². The van der Waals surface area contributed by atoms with Gasteiger partial charge in [-0.3, -0.25) is 0 Å². The maximum Gasteiger partial charge on any atom is 0.121 e. The van der Waals surface area contributed by atoms with E-state index < -0.39 is 0 Å². The molecule has 94 valence electrons. The molecule has 1 aromatic rings. The predicted octanol–water partition coefficient (Wildman–Crippen LogP) is 2.77. The number of nitrogens with two attached hydrogens (primary N) is 1. The zero-order chi connectivity index (χ0) is 12.4. The zero-order valence-corrected chi connectivity index (χ0v) is 11.9. The lowest BCUT2D eigenvalue weighted by molar-refractivity contribution is 0.411. The summed E-state index contributed by atoms with van der Waals surface area (Å²) in [4.78, 5) is 2.40. The molecule has 0 bridgehead atoms. The molecular weight excluding hydrogens is 280 g/mol. The van der Waals surface area contributed by atoms with Crippen LogP contribution >= 0.6 is 15.9 Å². The highest BCUT2D eigenvalue weighted by atomic mass is 79.9. The van der Waals surface area contributed by atoms with Gasteiger partial charge in [0.2, 0.25) is 0 Å². The molecule has 3 nitrogen and oxygen atoms in total. The second-order valence-corrected chi connectivity index (χ2v) is 5.50. The minimum atomic E-state index is 0.339. The molecule has 0 spiro atoms. The third-order valence-corrected chi connectivity index (χ3v) is 4.05. The van der Waals surface area contributed by atoms with E-state index in [1.165, 1.54) is 5.69 Å². The highest BCUT2D eigenvalue weighted by Crippen LogP contribution is 2.34. The van der Waals surface area contributed by atoms with Crippen LogP contribution in [-0.2, 0) is 0 Å². The Morgan fingerprint density at radius 2 is 2.24 bits per heavy atom. The summed E-state index contributed by atoms with van der Waals surface area (Å²) in [6, 6.07) is 6.90. The number of rotatable bonds is 2. The molecule has 1 saturated heterocycles. The van der Waals surface area contributed by atoms with Gasteiger partial charge in [-0.05, 0) is 47.8 Å². The first-order chi connectivity index (χ1) is 8.11. The smallest absolute Gasteiger partial charge is 0.121 e. The van der Waals surface area contributed by atoms with E-state index in [1.807, 2.05) is 12.1 Å². The van der Waals surface area contributed by atoms with Crippen LogP contribution in [0, 0.1) is 0 Å². The van der Waals surface area contributed by atoms with Gasteiger partial charge in [0.25, 0.3) is 0 Å². The highest BCUT2D eigenvalue weighted by Gasteiger charge is 2.24. The molecule has 0 aliphatic carbocycles. The second kappa shape index (κ2) is 5.27. The van der Waals surface area contributed by atoms with Gasteiger partial charge < -0.3 is 15.4 Å². The number of benzene rings is 1. The standard InChI is InChI=1S/C13H19BrN2O/c1-9-7-10(15)5-6-16(9)13-8-11(17-2)3-4-12(13)14/h3-4,8-10H,5-7,15H2,1-2H3. The third kappa shape index (κ3) is 2.75. The van der Waals surface area contributed by atoms with Crippen molar-refractivity contribution >= 4 is 21.6 Å². The molecule has 4 heteroatoms. The van der Waals surface area contributed by atoms with Gasteiger partial charge in [-0.2, -0.15) is 0 Å². The van der Waals surface area contributed by atoms with E-state index >= 15 is 0 Å². The fraction of sp³-hybridized carbons (Fsp3) is 0.538. The minimum absolute atomic E-state index is 0.339. The van der Waals surface area contributed by atoms with Crippen LogP contribution in [0.5, 0.6) is 5.75 Å². The summed E-state index contributed by atoms with van der Waals surface area (Å²) in [6.45, 7) is 3.24. The van der Waals surface area contributed by atoms with Crippen molar-refractivity contribution in [2.45, 2.75) is 31.8 Å². The van der Waals surface area contributed by atoms with Crippen LogP contribution in [0.3, 0.4) is 0 Å². The molecule has 1 aliphatic heterocycles. The number of hydrogen-bond acceptors (Lipinski definition) is 3. The fourth-order valence-corrected chi connectivity index (χ4v) is 2.88. The Morgan fingerprint density at radius 1 is 1.47 bits per heavy atom. The molecule has 2 rings (SSSR count). The van der Waals surface area contributed by atoms with E-state index in [0.717, 1.165) is 29.6 Å². The van der Waals surface area contributed by atoms with Gasteiger partial charge in [-0.15, -0.1) is 0 Å². The summed E-state index contributed by atoms with van der Waals surface area (Å²) in [5, 5.41) is 0. The Morgan fingerprint density at radius 3 is 2.88 bits per heavy atom. The minimum Gasteiger partial charge on any atom is -0.497 e. The summed E-state index contributed by atoms with van der Waals surface area (Å²) in [5.41, 5.74) is 7.19. The Labute approximate surface area is 111 Å². The number of piperidine rings is 1. The molecule has 2 atom stereocenters. The van der Waals surface area contributed by atoms with Crippen LogP contribution in [0.2, 0.25) is 0 Å². The normalized spacial score (nSPS) is 24.8. The van der Waals surface area contributed by atoms with Crippen LogP contribution in [-0.4, -0.2) is 25.7 Å². The molecule has 0 aromatic heterocycles. The van der Waals surface area contributed by atoms with E-state index in [-0.39, 0.29) is 0 Å². The molecule has 2 N–H and O–H groups in total. The van der Waals surface area contributed by atoms with Crippen molar-refractivity contribution < 1.29 is 4.74 Å². The Balaban J connectivity index is 2.26. The molecule has 1 fully saturated rings. The van der Waals surface area contributed by atoms with Gasteiger partial charge in [-0.25, -0.2) is 0 Å². The van der Waals surface area contributed by atoms with E-state index in [2.05, 4.69) is 33.8 Å². The maximum atomic E-state index is 6.00. The molecule has 1 aliphatic rings. The lowest BCUT2D eigenvalue weighted by atomic mass is 9.98. The van der Waals surface area contributed by atoms with Gasteiger partial charge in [0.1, 0.15) is 5.75 Å². The number of methoxy groups -OCH3 is 1. The largest absolute Gasteiger partial charge is 0.497 e. The van der Waals surface area contributed by atoms with Crippen LogP contribution in [0.4, 0.5) is 5.69 Å².